The monoisotopic (exact) mass is 298 g/mol. The average Bonchev–Trinajstić information content (AvgIpc) is 2.80. The zero-order valence-corrected chi connectivity index (χ0v) is 12.4. The maximum absolute atomic E-state index is 6.19. The smallest absolute Gasteiger partial charge is 0.138 e. The first-order chi connectivity index (χ1) is 8.99. The van der Waals surface area contributed by atoms with Crippen molar-refractivity contribution < 1.29 is 0 Å². The number of nitrogens with two attached hydrogens (primary N) is 1. The van der Waals surface area contributed by atoms with Crippen molar-refractivity contribution in [2.45, 2.75) is 32.4 Å². The van der Waals surface area contributed by atoms with Gasteiger partial charge in [-0.2, -0.15) is 5.10 Å². The molecular weight excluding hydrogens is 283 g/mol. The van der Waals surface area contributed by atoms with Gasteiger partial charge in [0, 0.05) is 18.5 Å². The Balaban J connectivity index is 2.18. The lowest BCUT2D eigenvalue weighted by Gasteiger charge is -2.14. The molecule has 0 aliphatic carbocycles. The van der Waals surface area contributed by atoms with Crippen LogP contribution in [-0.2, 0) is 6.42 Å². The van der Waals surface area contributed by atoms with E-state index in [0.717, 1.165) is 11.4 Å². The van der Waals surface area contributed by atoms with E-state index >= 15 is 0 Å². The van der Waals surface area contributed by atoms with E-state index in [-0.39, 0.29) is 12.1 Å². The molecule has 2 rings (SSSR count). The van der Waals surface area contributed by atoms with Crippen molar-refractivity contribution in [2.75, 3.05) is 0 Å². The van der Waals surface area contributed by atoms with Gasteiger partial charge in [0.15, 0.2) is 0 Å². The minimum Gasteiger partial charge on any atom is -0.324 e. The van der Waals surface area contributed by atoms with Crippen LogP contribution >= 0.6 is 23.2 Å². The Morgan fingerprint density at radius 3 is 2.63 bits per heavy atom. The largest absolute Gasteiger partial charge is 0.324 e. The van der Waals surface area contributed by atoms with Gasteiger partial charge < -0.3 is 5.73 Å². The molecular formula is C13H16Cl2N4. The molecule has 1 aromatic carbocycles. The van der Waals surface area contributed by atoms with E-state index in [0.29, 0.717) is 16.5 Å². The Morgan fingerprint density at radius 2 is 2.00 bits per heavy atom. The van der Waals surface area contributed by atoms with Crippen LogP contribution in [0.4, 0.5) is 0 Å². The molecule has 0 saturated heterocycles. The first-order valence-electron chi connectivity index (χ1n) is 6.08. The van der Waals surface area contributed by atoms with Gasteiger partial charge >= 0.3 is 0 Å². The summed E-state index contributed by atoms with van der Waals surface area (Å²) in [6.07, 6.45) is 2.16. The van der Waals surface area contributed by atoms with Crippen molar-refractivity contribution in [1.82, 2.24) is 14.8 Å². The second kappa shape index (κ2) is 5.90. The van der Waals surface area contributed by atoms with Gasteiger partial charge in [0.25, 0.3) is 0 Å². The zero-order chi connectivity index (χ0) is 14.0. The highest BCUT2D eigenvalue weighted by atomic mass is 35.5. The summed E-state index contributed by atoms with van der Waals surface area (Å²) in [6, 6.07) is 5.52. The Kier molecular flexibility index (Phi) is 4.45. The lowest BCUT2D eigenvalue weighted by Crippen LogP contribution is -2.18. The molecule has 1 heterocycles. The number of aromatic nitrogens is 3. The van der Waals surface area contributed by atoms with Gasteiger partial charge in [0.1, 0.15) is 12.2 Å². The molecule has 0 radical (unpaired) electrons. The van der Waals surface area contributed by atoms with Gasteiger partial charge in [-0.25, -0.2) is 9.67 Å². The quantitative estimate of drug-likeness (QED) is 0.941. The Labute approximate surface area is 122 Å². The number of rotatable bonds is 4. The lowest BCUT2D eigenvalue weighted by atomic mass is 10.0. The summed E-state index contributed by atoms with van der Waals surface area (Å²) in [5.74, 6) is 0.869. The average molecular weight is 299 g/mol. The molecule has 6 heteroatoms. The van der Waals surface area contributed by atoms with Gasteiger partial charge in [-0.15, -0.1) is 0 Å². The second-order valence-corrected chi connectivity index (χ2v) is 5.51. The summed E-state index contributed by atoms with van der Waals surface area (Å²) in [5, 5.41) is 5.24. The Morgan fingerprint density at radius 1 is 1.26 bits per heavy atom. The number of hydrogen-bond donors (Lipinski definition) is 1. The molecule has 0 aliphatic rings. The molecule has 0 aliphatic heterocycles. The molecule has 0 saturated carbocycles. The molecule has 102 valence electrons. The first-order valence-corrected chi connectivity index (χ1v) is 6.83. The minimum absolute atomic E-state index is 0.184. The van der Waals surface area contributed by atoms with Crippen molar-refractivity contribution in [3.8, 4) is 0 Å². The van der Waals surface area contributed by atoms with Crippen molar-refractivity contribution in [2.24, 2.45) is 5.73 Å². The number of halogens is 2. The summed E-state index contributed by atoms with van der Waals surface area (Å²) < 4.78 is 1.87. The van der Waals surface area contributed by atoms with E-state index < -0.39 is 0 Å². The van der Waals surface area contributed by atoms with Crippen molar-refractivity contribution in [3.05, 3.63) is 46.0 Å². The number of benzene rings is 1. The molecule has 2 N–H and O–H groups in total. The van der Waals surface area contributed by atoms with Gasteiger partial charge in [-0.05, 0) is 31.5 Å². The van der Waals surface area contributed by atoms with E-state index in [2.05, 4.69) is 23.9 Å². The fourth-order valence-corrected chi connectivity index (χ4v) is 2.22. The summed E-state index contributed by atoms with van der Waals surface area (Å²) in [4.78, 5) is 4.26. The zero-order valence-electron chi connectivity index (χ0n) is 10.8. The SMILES string of the molecule is CC(C)n1ncnc1CC(N)c1ccc(Cl)c(Cl)c1. The van der Waals surface area contributed by atoms with Crippen molar-refractivity contribution in [1.29, 1.82) is 0 Å². The van der Waals surface area contributed by atoms with Gasteiger partial charge in [-0.1, -0.05) is 29.3 Å². The van der Waals surface area contributed by atoms with Crippen LogP contribution in [0.5, 0.6) is 0 Å². The van der Waals surface area contributed by atoms with E-state index in [1.165, 1.54) is 0 Å². The summed E-state index contributed by atoms with van der Waals surface area (Å²) in [5.41, 5.74) is 7.13. The maximum Gasteiger partial charge on any atom is 0.138 e. The van der Waals surface area contributed by atoms with Crippen LogP contribution in [0, 0.1) is 0 Å². The third-order valence-electron chi connectivity index (χ3n) is 2.91. The molecule has 2 aromatic rings. The van der Waals surface area contributed by atoms with E-state index in [9.17, 15) is 0 Å². The molecule has 0 amide bonds. The molecule has 1 aromatic heterocycles. The van der Waals surface area contributed by atoms with Crippen LogP contribution in [-0.4, -0.2) is 14.8 Å². The van der Waals surface area contributed by atoms with Crippen LogP contribution in [0.15, 0.2) is 24.5 Å². The van der Waals surface area contributed by atoms with E-state index in [4.69, 9.17) is 28.9 Å². The third-order valence-corrected chi connectivity index (χ3v) is 3.65. The minimum atomic E-state index is -0.184. The Bertz CT molecular complexity index is 566. The third kappa shape index (κ3) is 3.26. The van der Waals surface area contributed by atoms with Crippen molar-refractivity contribution in [3.63, 3.8) is 0 Å². The fraction of sp³-hybridized carbons (Fsp3) is 0.385. The molecule has 1 unspecified atom stereocenters. The molecule has 0 fully saturated rings. The molecule has 19 heavy (non-hydrogen) atoms. The predicted molar refractivity (Wildman–Crippen MR) is 77.5 cm³/mol. The van der Waals surface area contributed by atoms with Gasteiger partial charge in [0.2, 0.25) is 0 Å². The van der Waals surface area contributed by atoms with Crippen LogP contribution in [0.1, 0.15) is 37.3 Å². The fourth-order valence-electron chi connectivity index (χ4n) is 1.91. The van der Waals surface area contributed by atoms with Crippen molar-refractivity contribution >= 4 is 23.2 Å². The standard InChI is InChI=1S/C13H16Cl2N4/c1-8(2)19-13(17-7-18-19)6-12(16)9-3-4-10(14)11(15)5-9/h3-5,7-8,12H,6,16H2,1-2H3. The highest BCUT2D eigenvalue weighted by Crippen LogP contribution is 2.26. The highest BCUT2D eigenvalue weighted by Gasteiger charge is 2.14. The maximum atomic E-state index is 6.19. The van der Waals surface area contributed by atoms with Gasteiger partial charge in [0.05, 0.1) is 10.0 Å². The summed E-state index contributed by atoms with van der Waals surface area (Å²) in [7, 11) is 0. The second-order valence-electron chi connectivity index (χ2n) is 4.70. The predicted octanol–water partition coefficient (Wildman–Crippen LogP) is 3.41. The van der Waals surface area contributed by atoms with Crippen LogP contribution < -0.4 is 5.73 Å². The van der Waals surface area contributed by atoms with E-state index in [1.54, 1.807) is 18.5 Å². The lowest BCUT2D eigenvalue weighted by molar-refractivity contribution is 0.493. The number of hydrogen-bond acceptors (Lipinski definition) is 3. The normalized spacial score (nSPS) is 12.9. The van der Waals surface area contributed by atoms with E-state index in [1.807, 2.05) is 10.7 Å². The van der Waals surface area contributed by atoms with Gasteiger partial charge in [-0.3, -0.25) is 0 Å². The summed E-state index contributed by atoms with van der Waals surface area (Å²) >= 11 is 11.9. The number of nitrogens with zero attached hydrogens (tertiary/aromatic N) is 3. The summed E-state index contributed by atoms with van der Waals surface area (Å²) in [6.45, 7) is 4.12. The highest BCUT2D eigenvalue weighted by molar-refractivity contribution is 6.42. The molecule has 0 bridgehead atoms. The topological polar surface area (TPSA) is 56.7 Å². The molecule has 1 atom stereocenters. The Hall–Kier alpha value is -1.10. The van der Waals surface area contributed by atoms with Crippen LogP contribution in [0.2, 0.25) is 10.0 Å². The molecule has 4 nitrogen and oxygen atoms in total. The van der Waals surface area contributed by atoms with Crippen LogP contribution in [0.25, 0.3) is 0 Å². The first kappa shape index (κ1) is 14.3. The van der Waals surface area contributed by atoms with Crippen LogP contribution in [0.3, 0.4) is 0 Å². The molecule has 0 spiro atoms.